The van der Waals surface area contributed by atoms with Crippen LogP contribution in [0.1, 0.15) is 10.4 Å². The number of rotatable bonds is 2. The zero-order chi connectivity index (χ0) is 12.3. The predicted octanol–water partition coefficient (Wildman–Crippen LogP) is 0.968. The number of aromatic nitrogens is 2. The number of benzene rings is 1. The lowest BCUT2D eigenvalue weighted by Crippen LogP contribution is -2.19. The first kappa shape index (κ1) is 11.0. The van der Waals surface area contributed by atoms with E-state index in [1.54, 1.807) is 18.2 Å². The Balaban J connectivity index is 2.62. The van der Waals surface area contributed by atoms with Crippen molar-refractivity contribution < 1.29 is 15.1 Å². The van der Waals surface area contributed by atoms with E-state index in [4.69, 9.17) is 5.21 Å². The lowest BCUT2D eigenvalue weighted by atomic mass is 10.1. The lowest BCUT2D eigenvalue weighted by molar-refractivity contribution is 0.0704. The monoisotopic (exact) mass is 231 g/mol. The van der Waals surface area contributed by atoms with E-state index < -0.39 is 5.91 Å². The van der Waals surface area contributed by atoms with Gasteiger partial charge in [0.05, 0.1) is 5.56 Å². The molecule has 17 heavy (non-hydrogen) atoms. The summed E-state index contributed by atoms with van der Waals surface area (Å²) in [4.78, 5) is 19.4. The van der Waals surface area contributed by atoms with Crippen molar-refractivity contribution in [3.05, 3.63) is 42.2 Å². The van der Waals surface area contributed by atoms with E-state index >= 15 is 0 Å². The Kier molecular flexibility index (Phi) is 2.97. The number of amides is 1. The van der Waals surface area contributed by atoms with Crippen molar-refractivity contribution in [2.24, 2.45) is 0 Å². The number of phenolic OH excluding ortho intramolecular Hbond substituents is 1. The second-order valence-electron chi connectivity index (χ2n) is 3.21. The van der Waals surface area contributed by atoms with Gasteiger partial charge in [-0.1, -0.05) is 12.1 Å². The first-order valence-corrected chi connectivity index (χ1v) is 4.78. The van der Waals surface area contributed by atoms with Crippen LogP contribution in [-0.4, -0.2) is 26.2 Å². The summed E-state index contributed by atoms with van der Waals surface area (Å²) < 4.78 is 0. The molecule has 6 nitrogen and oxygen atoms in total. The Morgan fingerprint density at radius 3 is 2.53 bits per heavy atom. The molecule has 1 heterocycles. The number of nitrogens with zero attached hydrogens (tertiary/aromatic N) is 2. The smallest absolute Gasteiger partial charge is 0.279 e. The summed E-state index contributed by atoms with van der Waals surface area (Å²) in [7, 11) is 0. The van der Waals surface area contributed by atoms with Crippen molar-refractivity contribution in [2.75, 3.05) is 0 Å². The summed E-state index contributed by atoms with van der Waals surface area (Å²) in [6.07, 6.45) is 3.04. The van der Waals surface area contributed by atoms with Gasteiger partial charge in [0.1, 0.15) is 5.75 Å². The van der Waals surface area contributed by atoms with Gasteiger partial charge in [-0.3, -0.25) is 10.0 Å². The van der Waals surface area contributed by atoms with Crippen molar-refractivity contribution in [1.82, 2.24) is 15.4 Å². The molecule has 0 saturated heterocycles. The number of phenols is 1. The minimum atomic E-state index is -0.814. The number of carbonyl (C=O) groups is 1. The van der Waals surface area contributed by atoms with Crippen LogP contribution in [0.2, 0.25) is 0 Å². The molecule has 0 unspecified atom stereocenters. The fraction of sp³-hybridized carbons (Fsp3) is 0. The van der Waals surface area contributed by atoms with Crippen molar-refractivity contribution in [3.63, 3.8) is 0 Å². The van der Waals surface area contributed by atoms with Gasteiger partial charge in [0.2, 0.25) is 0 Å². The fourth-order valence-electron chi connectivity index (χ4n) is 1.46. The topological polar surface area (TPSA) is 95.3 Å². The maximum absolute atomic E-state index is 11.5. The molecule has 86 valence electrons. The van der Waals surface area contributed by atoms with Crippen molar-refractivity contribution in [2.45, 2.75) is 0 Å². The zero-order valence-corrected chi connectivity index (χ0v) is 8.66. The molecule has 0 aliphatic rings. The van der Waals surface area contributed by atoms with Gasteiger partial charge in [-0.2, -0.15) is 0 Å². The van der Waals surface area contributed by atoms with Crippen LogP contribution in [0.25, 0.3) is 11.4 Å². The number of carbonyl (C=O) groups excluding carboxylic acids is 1. The molecule has 1 amide bonds. The van der Waals surface area contributed by atoms with Gasteiger partial charge in [0.25, 0.3) is 5.91 Å². The summed E-state index contributed by atoms with van der Waals surface area (Å²) in [5.41, 5.74) is 1.75. The van der Waals surface area contributed by atoms with E-state index in [0.717, 1.165) is 0 Å². The van der Waals surface area contributed by atoms with Crippen molar-refractivity contribution >= 4 is 5.91 Å². The number of hydrogen-bond acceptors (Lipinski definition) is 5. The summed E-state index contributed by atoms with van der Waals surface area (Å²) in [5, 5.41) is 18.3. The van der Waals surface area contributed by atoms with Gasteiger partial charge in [0, 0.05) is 18.0 Å². The van der Waals surface area contributed by atoms with E-state index in [1.165, 1.54) is 23.9 Å². The first-order chi connectivity index (χ1) is 8.24. The van der Waals surface area contributed by atoms with Gasteiger partial charge < -0.3 is 5.11 Å². The highest BCUT2D eigenvalue weighted by atomic mass is 16.5. The third-order valence-electron chi connectivity index (χ3n) is 2.18. The Hall–Kier alpha value is -2.47. The van der Waals surface area contributed by atoms with Crippen LogP contribution < -0.4 is 5.48 Å². The SMILES string of the molecule is O=C(NO)c1c(O)cccc1-c1ncccn1. The minimum Gasteiger partial charge on any atom is -0.507 e. The average molecular weight is 231 g/mol. The second kappa shape index (κ2) is 4.58. The summed E-state index contributed by atoms with van der Waals surface area (Å²) in [6.45, 7) is 0. The number of aromatic hydroxyl groups is 1. The van der Waals surface area contributed by atoms with Crippen molar-refractivity contribution in [3.8, 4) is 17.1 Å². The lowest BCUT2D eigenvalue weighted by Gasteiger charge is -2.08. The Morgan fingerprint density at radius 2 is 1.88 bits per heavy atom. The molecule has 1 aromatic heterocycles. The van der Waals surface area contributed by atoms with Crippen LogP contribution in [-0.2, 0) is 0 Å². The van der Waals surface area contributed by atoms with E-state index in [-0.39, 0.29) is 11.3 Å². The number of nitrogens with one attached hydrogen (secondary N) is 1. The third kappa shape index (κ3) is 2.06. The Morgan fingerprint density at radius 1 is 1.18 bits per heavy atom. The number of hydroxylamine groups is 1. The third-order valence-corrected chi connectivity index (χ3v) is 2.18. The van der Waals surface area contributed by atoms with Gasteiger partial charge in [-0.25, -0.2) is 15.4 Å². The molecule has 0 bridgehead atoms. The quantitative estimate of drug-likeness (QED) is 0.528. The fourth-order valence-corrected chi connectivity index (χ4v) is 1.46. The van der Waals surface area contributed by atoms with E-state index in [0.29, 0.717) is 11.4 Å². The molecule has 2 rings (SSSR count). The second-order valence-corrected chi connectivity index (χ2v) is 3.21. The van der Waals surface area contributed by atoms with Gasteiger partial charge >= 0.3 is 0 Å². The molecular weight excluding hydrogens is 222 g/mol. The van der Waals surface area contributed by atoms with E-state index in [2.05, 4.69) is 9.97 Å². The van der Waals surface area contributed by atoms with Crippen LogP contribution in [0.5, 0.6) is 5.75 Å². The molecular formula is C11H9N3O3. The molecule has 0 atom stereocenters. The van der Waals surface area contributed by atoms with Crippen LogP contribution in [0.4, 0.5) is 0 Å². The summed E-state index contributed by atoms with van der Waals surface area (Å²) >= 11 is 0. The molecule has 0 spiro atoms. The summed E-state index contributed by atoms with van der Waals surface area (Å²) in [5.74, 6) is -0.769. The largest absolute Gasteiger partial charge is 0.507 e. The molecule has 3 N–H and O–H groups in total. The van der Waals surface area contributed by atoms with Gasteiger partial charge in [-0.15, -0.1) is 0 Å². The Bertz CT molecular complexity index is 543. The van der Waals surface area contributed by atoms with Gasteiger partial charge in [0.15, 0.2) is 5.82 Å². The minimum absolute atomic E-state index is 0.0683. The zero-order valence-electron chi connectivity index (χ0n) is 8.66. The predicted molar refractivity (Wildman–Crippen MR) is 58.4 cm³/mol. The first-order valence-electron chi connectivity index (χ1n) is 4.78. The van der Waals surface area contributed by atoms with Crippen molar-refractivity contribution in [1.29, 1.82) is 0 Å². The highest BCUT2D eigenvalue weighted by Crippen LogP contribution is 2.27. The van der Waals surface area contributed by atoms with Crippen LogP contribution >= 0.6 is 0 Å². The molecule has 0 radical (unpaired) electrons. The van der Waals surface area contributed by atoms with Crippen LogP contribution in [0.3, 0.4) is 0 Å². The molecule has 0 saturated carbocycles. The molecule has 6 heteroatoms. The van der Waals surface area contributed by atoms with Crippen LogP contribution in [0, 0.1) is 0 Å². The van der Waals surface area contributed by atoms with Gasteiger partial charge in [-0.05, 0) is 12.1 Å². The summed E-state index contributed by atoms with van der Waals surface area (Å²) in [6, 6.07) is 6.13. The number of hydrogen-bond donors (Lipinski definition) is 3. The Labute approximate surface area is 96.5 Å². The molecule has 2 aromatic rings. The van der Waals surface area contributed by atoms with E-state index in [1.807, 2.05) is 0 Å². The highest BCUT2D eigenvalue weighted by molar-refractivity contribution is 6.02. The average Bonchev–Trinajstić information content (AvgIpc) is 2.38. The van der Waals surface area contributed by atoms with E-state index in [9.17, 15) is 9.90 Å². The molecule has 0 aliphatic carbocycles. The molecule has 1 aromatic carbocycles. The standard InChI is InChI=1S/C11H9N3O3/c15-8-4-1-3-7(9(8)11(16)14-17)10-12-5-2-6-13-10/h1-6,15,17H,(H,14,16). The van der Waals surface area contributed by atoms with Crippen LogP contribution in [0.15, 0.2) is 36.7 Å². The molecule has 0 fully saturated rings. The maximum atomic E-state index is 11.5. The maximum Gasteiger partial charge on any atom is 0.279 e. The highest BCUT2D eigenvalue weighted by Gasteiger charge is 2.17. The normalized spacial score (nSPS) is 9.94. The molecule has 0 aliphatic heterocycles.